The number of hydrogen-bond acceptors (Lipinski definition) is 5. The summed E-state index contributed by atoms with van der Waals surface area (Å²) < 4.78 is 29.3. The Balaban J connectivity index is 2.03. The van der Waals surface area contributed by atoms with Gasteiger partial charge in [-0.05, 0) is 25.9 Å². The average molecular weight is 279 g/mol. The standard InChI is InChI=1S/C10H21N3O4S/c1-18(15,16)13-7-6-12-10(14)8-17-9-2-4-11-5-3-9/h9,11,13H,2-8H2,1H3,(H,12,14). The van der Waals surface area contributed by atoms with Gasteiger partial charge >= 0.3 is 0 Å². The first-order chi connectivity index (χ1) is 8.47. The second-order valence-electron chi connectivity index (χ2n) is 4.28. The number of rotatable bonds is 7. The molecule has 1 rings (SSSR count). The van der Waals surface area contributed by atoms with Gasteiger partial charge in [-0.3, -0.25) is 4.79 Å². The molecule has 106 valence electrons. The SMILES string of the molecule is CS(=O)(=O)NCCNC(=O)COC1CCNCC1. The number of hydrogen-bond donors (Lipinski definition) is 3. The lowest BCUT2D eigenvalue weighted by molar-refractivity contribution is -0.128. The van der Waals surface area contributed by atoms with E-state index >= 15 is 0 Å². The monoisotopic (exact) mass is 279 g/mol. The van der Waals surface area contributed by atoms with Crippen LogP contribution in [0.1, 0.15) is 12.8 Å². The molecule has 18 heavy (non-hydrogen) atoms. The third kappa shape index (κ3) is 7.59. The quantitative estimate of drug-likeness (QED) is 0.489. The molecule has 1 aliphatic heterocycles. The second kappa shape index (κ2) is 7.67. The molecule has 8 heteroatoms. The van der Waals surface area contributed by atoms with Crippen molar-refractivity contribution in [1.29, 1.82) is 0 Å². The molecule has 0 spiro atoms. The van der Waals surface area contributed by atoms with Crippen LogP contribution in [0.2, 0.25) is 0 Å². The summed E-state index contributed by atoms with van der Waals surface area (Å²) >= 11 is 0. The minimum absolute atomic E-state index is 0.0313. The van der Waals surface area contributed by atoms with E-state index in [1.165, 1.54) is 0 Å². The maximum Gasteiger partial charge on any atom is 0.246 e. The zero-order chi connectivity index (χ0) is 13.4. The molecule has 1 fully saturated rings. The summed E-state index contributed by atoms with van der Waals surface area (Å²) in [7, 11) is -3.19. The maximum atomic E-state index is 11.4. The van der Waals surface area contributed by atoms with Crippen LogP contribution in [-0.4, -0.2) is 59.5 Å². The maximum absolute atomic E-state index is 11.4. The highest BCUT2D eigenvalue weighted by Gasteiger charge is 2.14. The number of nitrogens with one attached hydrogen (secondary N) is 3. The van der Waals surface area contributed by atoms with Crippen LogP contribution in [-0.2, 0) is 19.6 Å². The first kappa shape index (κ1) is 15.4. The first-order valence-electron chi connectivity index (χ1n) is 6.01. The number of amides is 1. The predicted molar refractivity (Wildman–Crippen MR) is 67.7 cm³/mol. The van der Waals surface area contributed by atoms with Crippen molar-refractivity contribution in [3.8, 4) is 0 Å². The zero-order valence-corrected chi connectivity index (χ0v) is 11.4. The van der Waals surface area contributed by atoms with Gasteiger partial charge in [-0.1, -0.05) is 0 Å². The van der Waals surface area contributed by atoms with Crippen molar-refractivity contribution in [2.45, 2.75) is 18.9 Å². The molecule has 0 aromatic heterocycles. The Kier molecular flexibility index (Phi) is 6.55. The molecule has 0 bridgehead atoms. The van der Waals surface area contributed by atoms with Crippen molar-refractivity contribution in [3.63, 3.8) is 0 Å². The summed E-state index contributed by atoms with van der Waals surface area (Å²) in [4.78, 5) is 11.4. The Morgan fingerprint density at radius 2 is 2.00 bits per heavy atom. The zero-order valence-electron chi connectivity index (χ0n) is 10.6. The molecule has 1 heterocycles. The first-order valence-corrected chi connectivity index (χ1v) is 7.90. The van der Waals surface area contributed by atoms with E-state index in [0.29, 0.717) is 0 Å². The Morgan fingerprint density at radius 1 is 1.33 bits per heavy atom. The average Bonchev–Trinajstić information content (AvgIpc) is 2.32. The Morgan fingerprint density at radius 3 is 2.61 bits per heavy atom. The summed E-state index contributed by atoms with van der Waals surface area (Å²) in [5, 5.41) is 5.80. The highest BCUT2D eigenvalue weighted by atomic mass is 32.2. The Labute approximate surface area is 108 Å². The van der Waals surface area contributed by atoms with Crippen molar-refractivity contribution in [3.05, 3.63) is 0 Å². The van der Waals surface area contributed by atoms with Gasteiger partial charge in [0, 0.05) is 13.1 Å². The molecule has 0 radical (unpaired) electrons. The fraction of sp³-hybridized carbons (Fsp3) is 0.900. The largest absolute Gasteiger partial charge is 0.368 e. The van der Waals surface area contributed by atoms with Crippen molar-refractivity contribution < 1.29 is 17.9 Å². The third-order valence-electron chi connectivity index (χ3n) is 2.55. The topological polar surface area (TPSA) is 96.5 Å². The van der Waals surface area contributed by atoms with Gasteiger partial charge < -0.3 is 15.4 Å². The van der Waals surface area contributed by atoms with Crippen LogP contribution in [0.15, 0.2) is 0 Å². The lowest BCUT2D eigenvalue weighted by Gasteiger charge is -2.22. The van der Waals surface area contributed by atoms with Gasteiger partial charge in [0.25, 0.3) is 0 Å². The van der Waals surface area contributed by atoms with Crippen LogP contribution in [0.5, 0.6) is 0 Å². The Bertz CT molecular complexity index is 352. The van der Waals surface area contributed by atoms with Crippen molar-refractivity contribution in [2.24, 2.45) is 0 Å². The minimum atomic E-state index is -3.19. The molecule has 1 saturated heterocycles. The smallest absolute Gasteiger partial charge is 0.246 e. The normalized spacial score (nSPS) is 17.6. The van der Waals surface area contributed by atoms with E-state index in [4.69, 9.17) is 4.74 Å². The van der Waals surface area contributed by atoms with Crippen LogP contribution in [0, 0.1) is 0 Å². The molecule has 0 aromatic rings. The molecule has 0 saturated carbocycles. The van der Waals surface area contributed by atoms with E-state index in [9.17, 15) is 13.2 Å². The van der Waals surface area contributed by atoms with E-state index in [1.54, 1.807) is 0 Å². The van der Waals surface area contributed by atoms with Gasteiger partial charge in [0.2, 0.25) is 15.9 Å². The van der Waals surface area contributed by atoms with Gasteiger partial charge in [-0.25, -0.2) is 13.1 Å². The highest BCUT2D eigenvalue weighted by Crippen LogP contribution is 2.06. The molecule has 0 unspecified atom stereocenters. The molecule has 0 aromatic carbocycles. The van der Waals surface area contributed by atoms with Crippen LogP contribution >= 0.6 is 0 Å². The van der Waals surface area contributed by atoms with E-state index in [2.05, 4.69) is 15.4 Å². The van der Waals surface area contributed by atoms with Crippen molar-refractivity contribution >= 4 is 15.9 Å². The predicted octanol–water partition coefficient (Wildman–Crippen LogP) is -1.58. The van der Waals surface area contributed by atoms with Crippen molar-refractivity contribution in [2.75, 3.05) is 39.0 Å². The molecule has 0 atom stereocenters. The minimum Gasteiger partial charge on any atom is -0.368 e. The molecule has 0 aliphatic carbocycles. The molecule has 3 N–H and O–H groups in total. The number of carbonyl (C=O) groups excluding carboxylic acids is 1. The Hall–Kier alpha value is -0.700. The number of carbonyl (C=O) groups is 1. The lowest BCUT2D eigenvalue weighted by atomic mass is 10.1. The molecule has 7 nitrogen and oxygen atoms in total. The van der Waals surface area contributed by atoms with E-state index in [1.807, 2.05) is 0 Å². The third-order valence-corrected chi connectivity index (χ3v) is 3.28. The summed E-state index contributed by atoms with van der Waals surface area (Å²) in [5.74, 6) is -0.219. The molecular weight excluding hydrogens is 258 g/mol. The van der Waals surface area contributed by atoms with E-state index < -0.39 is 10.0 Å². The molecular formula is C10H21N3O4S. The van der Waals surface area contributed by atoms with Crippen LogP contribution < -0.4 is 15.4 Å². The van der Waals surface area contributed by atoms with Gasteiger partial charge in [0.15, 0.2) is 0 Å². The number of sulfonamides is 1. The van der Waals surface area contributed by atoms with Gasteiger partial charge in [-0.15, -0.1) is 0 Å². The van der Waals surface area contributed by atoms with Crippen molar-refractivity contribution in [1.82, 2.24) is 15.4 Å². The number of piperidine rings is 1. The second-order valence-corrected chi connectivity index (χ2v) is 6.11. The fourth-order valence-corrected chi connectivity index (χ4v) is 2.12. The molecule has 1 aliphatic rings. The fourth-order valence-electron chi connectivity index (χ4n) is 1.65. The summed E-state index contributed by atoms with van der Waals surface area (Å²) in [6, 6.07) is 0. The van der Waals surface area contributed by atoms with Gasteiger partial charge in [0.05, 0.1) is 12.4 Å². The van der Waals surface area contributed by atoms with Crippen LogP contribution in [0.25, 0.3) is 0 Å². The summed E-state index contributed by atoms with van der Waals surface area (Å²) in [5.41, 5.74) is 0. The molecule has 1 amide bonds. The van der Waals surface area contributed by atoms with E-state index in [-0.39, 0.29) is 31.7 Å². The van der Waals surface area contributed by atoms with Crippen LogP contribution in [0.3, 0.4) is 0 Å². The summed E-state index contributed by atoms with van der Waals surface area (Å²) in [6.07, 6.45) is 3.06. The number of ether oxygens (including phenoxy) is 1. The summed E-state index contributed by atoms with van der Waals surface area (Å²) in [6.45, 7) is 2.33. The van der Waals surface area contributed by atoms with Gasteiger partial charge in [-0.2, -0.15) is 0 Å². The van der Waals surface area contributed by atoms with Gasteiger partial charge in [0.1, 0.15) is 6.61 Å². The highest BCUT2D eigenvalue weighted by molar-refractivity contribution is 7.88. The van der Waals surface area contributed by atoms with E-state index in [0.717, 1.165) is 32.2 Å². The lowest BCUT2D eigenvalue weighted by Crippen LogP contribution is -2.38. The van der Waals surface area contributed by atoms with Crippen LogP contribution in [0.4, 0.5) is 0 Å².